The van der Waals surface area contributed by atoms with Crippen molar-refractivity contribution in [3.63, 3.8) is 0 Å². The van der Waals surface area contributed by atoms with E-state index in [-0.39, 0.29) is 18.1 Å². The summed E-state index contributed by atoms with van der Waals surface area (Å²) in [6.45, 7) is 1.32. The number of carbonyl (C=O) groups excluding carboxylic acids is 1. The van der Waals surface area contributed by atoms with Crippen LogP contribution in [0.3, 0.4) is 0 Å². The number of hydrogen-bond donors (Lipinski definition) is 0. The second-order valence-electron chi connectivity index (χ2n) is 6.57. The highest BCUT2D eigenvalue weighted by atomic mass is 16.5. The molecule has 1 aliphatic carbocycles. The van der Waals surface area contributed by atoms with Crippen molar-refractivity contribution in [1.82, 2.24) is 10.1 Å². The summed E-state index contributed by atoms with van der Waals surface area (Å²) in [7, 11) is 0. The van der Waals surface area contributed by atoms with Gasteiger partial charge in [-0.3, -0.25) is 4.79 Å². The number of benzene rings is 1. The molecule has 1 aliphatic heterocycles. The molecular formula is C19H22N2O3. The van der Waals surface area contributed by atoms with E-state index >= 15 is 0 Å². The van der Waals surface area contributed by atoms with Crippen LogP contribution in [-0.4, -0.2) is 41.3 Å². The Kier molecular flexibility index (Phi) is 4.34. The van der Waals surface area contributed by atoms with Crippen molar-refractivity contribution in [3.05, 3.63) is 42.1 Å². The van der Waals surface area contributed by atoms with Gasteiger partial charge in [-0.2, -0.15) is 0 Å². The lowest BCUT2D eigenvalue weighted by atomic mass is 9.90. The van der Waals surface area contributed by atoms with Crippen molar-refractivity contribution in [2.24, 2.45) is 0 Å². The maximum atomic E-state index is 12.8. The molecule has 4 rings (SSSR count). The summed E-state index contributed by atoms with van der Waals surface area (Å²) in [5.74, 6) is 0.832. The van der Waals surface area contributed by atoms with Gasteiger partial charge in [-0.1, -0.05) is 48.3 Å². The van der Waals surface area contributed by atoms with Crippen LogP contribution in [-0.2, 0) is 16.0 Å². The molecule has 2 unspecified atom stereocenters. The summed E-state index contributed by atoms with van der Waals surface area (Å²) in [6.07, 6.45) is 5.00. The van der Waals surface area contributed by atoms with Gasteiger partial charge in [0.15, 0.2) is 5.76 Å². The zero-order valence-corrected chi connectivity index (χ0v) is 13.7. The van der Waals surface area contributed by atoms with Crippen molar-refractivity contribution < 1.29 is 14.1 Å². The predicted molar refractivity (Wildman–Crippen MR) is 89.4 cm³/mol. The van der Waals surface area contributed by atoms with Crippen LogP contribution in [0.15, 0.2) is 40.9 Å². The zero-order valence-electron chi connectivity index (χ0n) is 13.7. The molecule has 2 fully saturated rings. The van der Waals surface area contributed by atoms with Gasteiger partial charge in [0.2, 0.25) is 5.91 Å². The summed E-state index contributed by atoms with van der Waals surface area (Å²) in [4.78, 5) is 14.8. The molecule has 24 heavy (non-hydrogen) atoms. The number of fused-ring (bicyclic) bond motifs is 1. The molecule has 5 heteroatoms. The Balaban J connectivity index is 1.45. The molecule has 1 aromatic carbocycles. The fourth-order valence-electron chi connectivity index (χ4n) is 3.80. The highest BCUT2D eigenvalue weighted by molar-refractivity contribution is 5.79. The summed E-state index contributed by atoms with van der Waals surface area (Å²) in [5.41, 5.74) is 1.67. The first-order chi connectivity index (χ1) is 11.8. The molecule has 2 aliphatic rings. The third kappa shape index (κ3) is 3.08. The van der Waals surface area contributed by atoms with Gasteiger partial charge >= 0.3 is 0 Å². The summed E-state index contributed by atoms with van der Waals surface area (Å²) in [5, 5.41) is 4.08. The largest absolute Gasteiger partial charge is 0.374 e. The molecule has 0 bridgehead atoms. The molecule has 0 spiro atoms. The number of aromatic nitrogens is 1. The minimum atomic E-state index is 0.128. The Labute approximate surface area is 141 Å². The van der Waals surface area contributed by atoms with Gasteiger partial charge < -0.3 is 14.2 Å². The van der Waals surface area contributed by atoms with Gasteiger partial charge in [-0.25, -0.2) is 0 Å². The Bertz CT molecular complexity index is 696. The van der Waals surface area contributed by atoms with E-state index in [1.807, 2.05) is 41.3 Å². The second-order valence-corrected chi connectivity index (χ2v) is 6.57. The summed E-state index contributed by atoms with van der Waals surface area (Å²) in [6, 6.07) is 11.9. The molecule has 2 heterocycles. The van der Waals surface area contributed by atoms with Crippen LogP contribution in [0.5, 0.6) is 0 Å². The highest BCUT2D eigenvalue weighted by Gasteiger charge is 2.36. The van der Waals surface area contributed by atoms with Gasteiger partial charge in [0, 0.05) is 18.2 Å². The monoisotopic (exact) mass is 326 g/mol. The van der Waals surface area contributed by atoms with E-state index in [2.05, 4.69) is 5.16 Å². The minimum absolute atomic E-state index is 0.128. The molecule has 1 saturated carbocycles. The average Bonchev–Trinajstić information content (AvgIpc) is 3.10. The van der Waals surface area contributed by atoms with Gasteiger partial charge in [-0.15, -0.1) is 0 Å². The fourth-order valence-corrected chi connectivity index (χ4v) is 3.80. The van der Waals surface area contributed by atoms with Gasteiger partial charge in [-0.05, 0) is 12.8 Å². The second kappa shape index (κ2) is 6.77. The maximum absolute atomic E-state index is 12.8. The lowest BCUT2D eigenvalue weighted by Crippen LogP contribution is -2.55. The summed E-state index contributed by atoms with van der Waals surface area (Å²) >= 11 is 0. The van der Waals surface area contributed by atoms with Crippen molar-refractivity contribution in [1.29, 1.82) is 0 Å². The fraction of sp³-hybridized carbons (Fsp3) is 0.474. The van der Waals surface area contributed by atoms with E-state index in [4.69, 9.17) is 9.26 Å². The molecule has 1 amide bonds. The highest BCUT2D eigenvalue weighted by Crippen LogP contribution is 2.29. The topological polar surface area (TPSA) is 55.6 Å². The Morgan fingerprint density at radius 2 is 2.04 bits per heavy atom. The average molecular weight is 326 g/mol. The molecule has 2 aromatic rings. The number of morpholine rings is 1. The van der Waals surface area contributed by atoms with Crippen molar-refractivity contribution in [2.45, 2.75) is 44.2 Å². The van der Waals surface area contributed by atoms with Gasteiger partial charge in [0.05, 0.1) is 30.9 Å². The Morgan fingerprint density at radius 3 is 2.92 bits per heavy atom. The van der Waals surface area contributed by atoms with Crippen LogP contribution >= 0.6 is 0 Å². The zero-order chi connectivity index (χ0) is 16.4. The normalized spacial score (nSPS) is 23.8. The van der Waals surface area contributed by atoms with E-state index in [9.17, 15) is 4.79 Å². The molecule has 5 nitrogen and oxygen atoms in total. The van der Waals surface area contributed by atoms with Crippen LogP contribution in [0.25, 0.3) is 11.3 Å². The van der Waals surface area contributed by atoms with Crippen molar-refractivity contribution in [2.75, 3.05) is 13.2 Å². The molecule has 1 aromatic heterocycles. The third-order valence-corrected chi connectivity index (χ3v) is 5.00. The first kappa shape index (κ1) is 15.4. The molecular weight excluding hydrogens is 304 g/mol. The number of amides is 1. The van der Waals surface area contributed by atoms with E-state index in [0.717, 1.165) is 18.4 Å². The third-order valence-electron chi connectivity index (χ3n) is 5.00. The van der Waals surface area contributed by atoms with Crippen LogP contribution in [0, 0.1) is 0 Å². The number of nitrogens with zero attached hydrogens (tertiary/aromatic N) is 2. The number of carbonyl (C=O) groups is 1. The van der Waals surface area contributed by atoms with Gasteiger partial charge in [0.25, 0.3) is 0 Å². The first-order valence-electron chi connectivity index (χ1n) is 8.73. The van der Waals surface area contributed by atoms with E-state index in [0.29, 0.717) is 31.0 Å². The van der Waals surface area contributed by atoms with Crippen LogP contribution in [0.2, 0.25) is 0 Å². The molecule has 2 atom stereocenters. The smallest absolute Gasteiger partial charge is 0.229 e. The predicted octanol–water partition coefficient (Wildman–Crippen LogP) is 3.05. The van der Waals surface area contributed by atoms with Crippen LogP contribution in [0.1, 0.15) is 31.4 Å². The molecule has 0 N–H and O–H groups in total. The number of rotatable bonds is 3. The Morgan fingerprint density at radius 1 is 1.21 bits per heavy atom. The standard InChI is InChI=1S/C19H22N2O3/c22-19(21-10-11-23-17-9-5-4-8-16(17)21)13-15-12-18(24-20-15)14-6-2-1-3-7-14/h1-3,6-7,12,16-17H,4-5,8-11,13H2. The summed E-state index contributed by atoms with van der Waals surface area (Å²) < 4.78 is 11.2. The quantitative estimate of drug-likeness (QED) is 0.870. The number of hydrogen-bond acceptors (Lipinski definition) is 4. The van der Waals surface area contributed by atoms with E-state index < -0.39 is 0 Å². The minimum Gasteiger partial charge on any atom is -0.374 e. The Hall–Kier alpha value is -2.14. The van der Waals surface area contributed by atoms with Crippen molar-refractivity contribution in [3.8, 4) is 11.3 Å². The lowest BCUT2D eigenvalue weighted by Gasteiger charge is -2.43. The number of ether oxygens (including phenoxy) is 1. The van der Waals surface area contributed by atoms with Crippen molar-refractivity contribution >= 4 is 5.91 Å². The van der Waals surface area contributed by atoms with Crippen LogP contribution < -0.4 is 0 Å². The molecule has 0 radical (unpaired) electrons. The van der Waals surface area contributed by atoms with E-state index in [1.165, 1.54) is 12.8 Å². The molecule has 1 saturated heterocycles. The SMILES string of the molecule is O=C(Cc1cc(-c2ccccc2)on1)N1CCOC2CCCCC21. The maximum Gasteiger partial charge on any atom is 0.229 e. The van der Waals surface area contributed by atoms with Crippen LogP contribution in [0.4, 0.5) is 0 Å². The van der Waals surface area contributed by atoms with E-state index in [1.54, 1.807) is 0 Å². The molecule has 126 valence electrons. The lowest BCUT2D eigenvalue weighted by molar-refractivity contribution is -0.148. The first-order valence-corrected chi connectivity index (χ1v) is 8.73. The van der Waals surface area contributed by atoms with Gasteiger partial charge in [0.1, 0.15) is 0 Å².